The van der Waals surface area contributed by atoms with Crippen molar-refractivity contribution in [3.05, 3.63) is 52.5 Å². The second-order valence-electron chi connectivity index (χ2n) is 6.55. The quantitative estimate of drug-likeness (QED) is 0.554. The third-order valence-electron chi connectivity index (χ3n) is 4.83. The van der Waals surface area contributed by atoms with E-state index < -0.39 is 0 Å². The second kappa shape index (κ2) is 6.81. The Labute approximate surface area is 157 Å². The average molecular weight is 372 g/mol. The summed E-state index contributed by atoms with van der Waals surface area (Å²) < 4.78 is 0. The van der Waals surface area contributed by atoms with Gasteiger partial charge in [-0.1, -0.05) is 35.3 Å². The molecule has 0 saturated carbocycles. The van der Waals surface area contributed by atoms with Gasteiger partial charge in [-0.2, -0.15) is 0 Å². The number of para-hydroxylation sites is 1. The number of halogens is 2. The van der Waals surface area contributed by atoms with Gasteiger partial charge in [-0.3, -0.25) is 0 Å². The molecular formula is C20H19Cl2N3. The lowest BCUT2D eigenvalue weighted by molar-refractivity contribution is 0.482. The van der Waals surface area contributed by atoms with Crippen molar-refractivity contribution >= 4 is 39.9 Å². The van der Waals surface area contributed by atoms with Crippen molar-refractivity contribution in [2.75, 3.05) is 11.4 Å². The van der Waals surface area contributed by atoms with Crippen LogP contribution >= 0.6 is 23.2 Å². The van der Waals surface area contributed by atoms with E-state index in [0.717, 1.165) is 28.8 Å². The van der Waals surface area contributed by atoms with Gasteiger partial charge in [0.25, 0.3) is 0 Å². The fourth-order valence-corrected chi connectivity index (χ4v) is 3.98. The zero-order valence-electron chi connectivity index (χ0n) is 14.0. The molecule has 3 aromatic rings. The molecule has 1 aliphatic heterocycles. The fourth-order valence-electron chi connectivity index (χ4n) is 3.48. The molecule has 1 atom stereocenters. The van der Waals surface area contributed by atoms with E-state index in [0.29, 0.717) is 21.9 Å². The first-order chi connectivity index (χ1) is 12.1. The smallest absolute Gasteiger partial charge is 0.163 e. The van der Waals surface area contributed by atoms with Crippen LogP contribution < -0.4 is 4.90 Å². The van der Waals surface area contributed by atoms with Gasteiger partial charge in [0.05, 0.1) is 10.5 Å². The zero-order valence-corrected chi connectivity index (χ0v) is 15.6. The van der Waals surface area contributed by atoms with Gasteiger partial charge >= 0.3 is 0 Å². The van der Waals surface area contributed by atoms with Crippen LogP contribution in [0.4, 0.5) is 5.82 Å². The van der Waals surface area contributed by atoms with Crippen LogP contribution in [0.15, 0.2) is 42.5 Å². The zero-order chi connectivity index (χ0) is 17.4. The van der Waals surface area contributed by atoms with E-state index in [2.05, 4.69) is 17.9 Å². The lowest BCUT2D eigenvalue weighted by Gasteiger charge is -2.35. The molecule has 1 aliphatic rings. The molecule has 0 aliphatic carbocycles. The summed E-state index contributed by atoms with van der Waals surface area (Å²) in [7, 11) is 0. The number of nitrogens with zero attached hydrogens (tertiary/aromatic N) is 3. The fraction of sp³-hybridized carbons (Fsp3) is 0.300. The molecule has 25 heavy (non-hydrogen) atoms. The van der Waals surface area contributed by atoms with E-state index in [4.69, 9.17) is 33.2 Å². The predicted molar refractivity (Wildman–Crippen MR) is 106 cm³/mol. The molecule has 1 fully saturated rings. The van der Waals surface area contributed by atoms with E-state index in [-0.39, 0.29) is 0 Å². The summed E-state index contributed by atoms with van der Waals surface area (Å²) in [5.41, 5.74) is 1.74. The first-order valence-electron chi connectivity index (χ1n) is 8.62. The minimum Gasteiger partial charge on any atom is -0.353 e. The molecule has 0 amide bonds. The number of hydrogen-bond acceptors (Lipinski definition) is 3. The van der Waals surface area contributed by atoms with Crippen molar-refractivity contribution in [2.24, 2.45) is 0 Å². The normalized spacial score (nSPS) is 17.9. The van der Waals surface area contributed by atoms with Crippen molar-refractivity contribution in [2.45, 2.75) is 32.2 Å². The lowest BCUT2D eigenvalue weighted by Crippen LogP contribution is -2.38. The molecule has 1 aromatic heterocycles. The van der Waals surface area contributed by atoms with Gasteiger partial charge in [-0.05, 0) is 56.5 Å². The minimum atomic E-state index is 0.473. The van der Waals surface area contributed by atoms with Crippen LogP contribution in [0.25, 0.3) is 22.3 Å². The summed E-state index contributed by atoms with van der Waals surface area (Å²) in [5.74, 6) is 1.65. The maximum Gasteiger partial charge on any atom is 0.163 e. The Balaban J connectivity index is 1.92. The van der Waals surface area contributed by atoms with E-state index in [1.165, 1.54) is 19.3 Å². The van der Waals surface area contributed by atoms with Crippen molar-refractivity contribution in [1.29, 1.82) is 0 Å². The summed E-state index contributed by atoms with van der Waals surface area (Å²) in [4.78, 5) is 12.1. The Hall–Kier alpha value is -1.84. The van der Waals surface area contributed by atoms with Crippen LogP contribution in [0.3, 0.4) is 0 Å². The number of fused-ring (bicyclic) bond motifs is 1. The van der Waals surface area contributed by atoms with Crippen molar-refractivity contribution in [3.8, 4) is 11.4 Å². The summed E-state index contributed by atoms with van der Waals surface area (Å²) in [6, 6.07) is 14.1. The maximum atomic E-state index is 6.40. The van der Waals surface area contributed by atoms with E-state index >= 15 is 0 Å². The van der Waals surface area contributed by atoms with E-state index in [1.807, 2.05) is 30.3 Å². The standard InChI is InChI=1S/C20H19Cl2N3/c1-13-6-4-5-11-25(13)20-16-7-2-3-8-18(16)23-19(24-20)15-10-9-14(21)12-17(15)22/h2-3,7-10,12-13H,4-6,11H2,1H3/t13-/m0/s1. The monoisotopic (exact) mass is 371 g/mol. The molecule has 0 spiro atoms. The van der Waals surface area contributed by atoms with E-state index in [1.54, 1.807) is 6.07 Å². The number of benzene rings is 2. The number of piperidine rings is 1. The van der Waals surface area contributed by atoms with Crippen molar-refractivity contribution in [1.82, 2.24) is 9.97 Å². The number of rotatable bonds is 2. The molecule has 3 nitrogen and oxygen atoms in total. The summed E-state index contributed by atoms with van der Waals surface area (Å²) in [6.45, 7) is 3.29. The molecule has 2 aromatic carbocycles. The molecule has 0 unspecified atom stereocenters. The van der Waals surface area contributed by atoms with Gasteiger partial charge in [0.1, 0.15) is 5.82 Å². The molecular weight excluding hydrogens is 353 g/mol. The van der Waals surface area contributed by atoms with Gasteiger partial charge in [0, 0.05) is 28.6 Å². The van der Waals surface area contributed by atoms with Crippen LogP contribution in [0.5, 0.6) is 0 Å². The van der Waals surface area contributed by atoms with Gasteiger partial charge in [0.2, 0.25) is 0 Å². The number of hydrogen-bond donors (Lipinski definition) is 0. The highest BCUT2D eigenvalue weighted by atomic mass is 35.5. The summed E-state index contributed by atoms with van der Waals surface area (Å²) >= 11 is 12.4. The first-order valence-corrected chi connectivity index (χ1v) is 9.38. The Kier molecular flexibility index (Phi) is 4.53. The van der Waals surface area contributed by atoms with Crippen LogP contribution in [-0.2, 0) is 0 Å². The van der Waals surface area contributed by atoms with Crippen LogP contribution in [0.1, 0.15) is 26.2 Å². The Morgan fingerprint density at radius 2 is 1.88 bits per heavy atom. The Morgan fingerprint density at radius 1 is 1.04 bits per heavy atom. The largest absolute Gasteiger partial charge is 0.353 e. The molecule has 5 heteroatoms. The molecule has 1 saturated heterocycles. The molecule has 2 heterocycles. The highest BCUT2D eigenvalue weighted by molar-refractivity contribution is 6.36. The van der Waals surface area contributed by atoms with Gasteiger partial charge < -0.3 is 4.90 Å². The number of aromatic nitrogens is 2. The molecule has 0 radical (unpaired) electrons. The van der Waals surface area contributed by atoms with Crippen molar-refractivity contribution in [3.63, 3.8) is 0 Å². The Bertz CT molecular complexity index is 926. The highest BCUT2D eigenvalue weighted by Crippen LogP contribution is 2.34. The second-order valence-corrected chi connectivity index (χ2v) is 7.39. The lowest BCUT2D eigenvalue weighted by atomic mass is 10.0. The van der Waals surface area contributed by atoms with E-state index in [9.17, 15) is 0 Å². The average Bonchev–Trinajstić information content (AvgIpc) is 2.61. The molecule has 4 rings (SSSR count). The molecule has 0 bridgehead atoms. The predicted octanol–water partition coefficient (Wildman–Crippen LogP) is 5.98. The minimum absolute atomic E-state index is 0.473. The summed E-state index contributed by atoms with van der Waals surface area (Å²) in [5, 5.41) is 2.27. The summed E-state index contributed by atoms with van der Waals surface area (Å²) in [6.07, 6.45) is 3.66. The third-order valence-corrected chi connectivity index (χ3v) is 5.38. The SMILES string of the molecule is C[C@H]1CCCCN1c1nc(-c2ccc(Cl)cc2Cl)nc2ccccc12. The van der Waals surface area contributed by atoms with Gasteiger partial charge in [0.15, 0.2) is 5.82 Å². The van der Waals surface area contributed by atoms with Gasteiger partial charge in [-0.25, -0.2) is 9.97 Å². The number of anilines is 1. The molecule has 0 N–H and O–H groups in total. The van der Waals surface area contributed by atoms with Gasteiger partial charge in [-0.15, -0.1) is 0 Å². The Morgan fingerprint density at radius 3 is 2.68 bits per heavy atom. The molecule has 128 valence electrons. The van der Waals surface area contributed by atoms with Crippen LogP contribution in [0.2, 0.25) is 10.0 Å². The van der Waals surface area contributed by atoms with Crippen LogP contribution in [0, 0.1) is 0 Å². The maximum absolute atomic E-state index is 6.40. The first kappa shape index (κ1) is 16.6. The third kappa shape index (κ3) is 3.19. The van der Waals surface area contributed by atoms with Crippen LogP contribution in [-0.4, -0.2) is 22.6 Å². The van der Waals surface area contributed by atoms with Crippen molar-refractivity contribution < 1.29 is 0 Å². The topological polar surface area (TPSA) is 29.0 Å². The highest BCUT2D eigenvalue weighted by Gasteiger charge is 2.23.